The molecule has 0 spiro atoms. The van der Waals surface area contributed by atoms with Gasteiger partial charge >= 0.3 is 0 Å². The molecule has 4 aromatic rings. The van der Waals surface area contributed by atoms with Gasteiger partial charge in [-0.15, -0.1) is 0 Å². The van der Waals surface area contributed by atoms with Gasteiger partial charge in [0.2, 0.25) is 10.0 Å². The summed E-state index contributed by atoms with van der Waals surface area (Å²) in [6, 6.07) is 22.8. The quantitative estimate of drug-likeness (QED) is 0.255. The normalized spacial score (nSPS) is 15.2. The zero-order valence-corrected chi connectivity index (χ0v) is 20.4. The maximum absolute atomic E-state index is 13.1. The summed E-state index contributed by atoms with van der Waals surface area (Å²) in [4.78, 5) is 15.2. The standard InChI is InChI=1S/C26H26N4O5S/c31-30(32)21-7-6-10-23(17-21)36(33,34)28-15-13-20(14-16-28)18-29-25-12-5-4-11-24(25)27-26(29)19-35-22-8-2-1-3-9-22/h1-12,17,20H,13-16,18-19H2. The molecule has 0 unspecified atom stereocenters. The summed E-state index contributed by atoms with van der Waals surface area (Å²) >= 11 is 0. The van der Waals surface area contributed by atoms with Crippen molar-refractivity contribution >= 4 is 26.7 Å². The summed E-state index contributed by atoms with van der Waals surface area (Å²) in [5, 5.41) is 11.1. The van der Waals surface area contributed by atoms with Gasteiger partial charge in [-0.2, -0.15) is 4.31 Å². The van der Waals surface area contributed by atoms with Crippen LogP contribution in [0.15, 0.2) is 83.8 Å². The Bertz CT molecular complexity index is 1480. The Labute approximate surface area is 209 Å². The Morgan fingerprint density at radius 3 is 2.44 bits per heavy atom. The Morgan fingerprint density at radius 2 is 1.69 bits per heavy atom. The first kappa shape index (κ1) is 24.0. The third-order valence-corrected chi connectivity index (χ3v) is 8.42. The molecular weight excluding hydrogens is 480 g/mol. The Hall–Kier alpha value is -3.76. The fourth-order valence-corrected chi connectivity index (χ4v) is 6.11. The summed E-state index contributed by atoms with van der Waals surface area (Å²) in [5.74, 6) is 1.86. The van der Waals surface area contributed by atoms with Crippen LogP contribution in [0.2, 0.25) is 0 Å². The number of sulfonamides is 1. The average Bonchev–Trinajstić information content (AvgIpc) is 3.25. The van der Waals surface area contributed by atoms with Crippen LogP contribution < -0.4 is 4.74 Å². The highest BCUT2D eigenvalue weighted by atomic mass is 32.2. The van der Waals surface area contributed by atoms with Gasteiger partial charge < -0.3 is 9.30 Å². The van der Waals surface area contributed by atoms with Gasteiger partial charge in [-0.1, -0.05) is 36.4 Å². The molecule has 2 heterocycles. The zero-order valence-electron chi connectivity index (χ0n) is 19.6. The summed E-state index contributed by atoms with van der Waals surface area (Å²) in [6.45, 7) is 1.76. The molecule has 0 amide bonds. The molecule has 36 heavy (non-hydrogen) atoms. The first-order valence-electron chi connectivity index (χ1n) is 11.8. The molecule has 1 aliphatic heterocycles. The highest BCUT2D eigenvalue weighted by Crippen LogP contribution is 2.28. The lowest BCUT2D eigenvalue weighted by Crippen LogP contribution is -2.39. The highest BCUT2D eigenvalue weighted by molar-refractivity contribution is 7.89. The van der Waals surface area contributed by atoms with E-state index in [0.29, 0.717) is 39.1 Å². The maximum Gasteiger partial charge on any atom is 0.270 e. The van der Waals surface area contributed by atoms with Crippen LogP contribution >= 0.6 is 0 Å². The van der Waals surface area contributed by atoms with Crippen molar-refractivity contribution in [3.05, 3.63) is 94.8 Å². The van der Waals surface area contributed by atoms with Crippen LogP contribution in [0.3, 0.4) is 0 Å². The molecule has 0 radical (unpaired) electrons. The SMILES string of the molecule is O=[N+]([O-])c1cccc(S(=O)(=O)N2CCC(Cn3c(COc4ccccc4)nc4ccccc43)CC2)c1. The predicted octanol–water partition coefficient (Wildman–Crippen LogP) is 4.62. The predicted molar refractivity (Wildman–Crippen MR) is 135 cm³/mol. The van der Waals surface area contributed by atoms with E-state index in [4.69, 9.17) is 9.72 Å². The fourth-order valence-electron chi connectivity index (χ4n) is 4.60. The molecule has 1 fully saturated rings. The van der Waals surface area contributed by atoms with Gasteiger partial charge in [0.1, 0.15) is 18.2 Å². The molecule has 0 aliphatic carbocycles. The minimum atomic E-state index is -3.80. The first-order chi connectivity index (χ1) is 17.4. The highest BCUT2D eigenvalue weighted by Gasteiger charge is 2.31. The lowest BCUT2D eigenvalue weighted by atomic mass is 9.98. The van der Waals surface area contributed by atoms with Crippen molar-refractivity contribution in [1.29, 1.82) is 0 Å². The molecular formula is C26H26N4O5S. The molecule has 0 bridgehead atoms. The summed E-state index contributed by atoms with van der Waals surface area (Å²) in [5.41, 5.74) is 1.69. The Kier molecular flexibility index (Phi) is 6.71. The third-order valence-electron chi connectivity index (χ3n) is 6.53. The van der Waals surface area contributed by atoms with Crippen molar-refractivity contribution in [3.63, 3.8) is 0 Å². The number of piperidine rings is 1. The van der Waals surface area contributed by atoms with Crippen molar-refractivity contribution in [2.24, 2.45) is 5.92 Å². The van der Waals surface area contributed by atoms with Gasteiger partial charge in [-0.3, -0.25) is 10.1 Å². The first-order valence-corrected chi connectivity index (χ1v) is 13.2. The number of hydrogen-bond donors (Lipinski definition) is 0. The number of non-ortho nitro benzene ring substituents is 1. The van der Waals surface area contributed by atoms with Crippen LogP contribution in [-0.4, -0.2) is 40.3 Å². The van der Waals surface area contributed by atoms with E-state index in [9.17, 15) is 18.5 Å². The number of imidazole rings is 1. The topological polar surface area (TPSA) is 108 Å². The smallest absolute Gasteiger partial charge is 0.270 e. The summed E-state index contributed by atoms with van der Waals surface area (Å²) < 4.78 is 35.8. The second kappa shape index (κ2) is 10.1. The molecule has 186 valence electrons. The number of aromatic nitrogens is 2. The maximum atomic E-state index is 13.1. The average molecular weight is 507 g/mol. The second-order valence-corrected chi connectivity index (χ2v) is 10.8. The molecule has 1 aromatic heterocycles. The van der Waals surface area contributed by atoms with E-state index in [1.807, 2.05) is 54.6 Å². The van der Waals surface area contributed by atoms with E-state index in [0.717, 1.165) is 28.7 Å². The van der Waals surface area contributed by atoms with E-state index >= 15 is 0 Å². The van der Waals surface area contributed by atoms with E-state index in [-0.39, 0.29) is 16.5 Å². The molecule has 3 aromatic carbocycles. The third kappa shape index (κ3) is 4.95. The number of ether oxygens (including phenoxy) is 1. The van der Waals surface area contributed by atoms with Crippen molar-refractivity contribution in [2.75, 3.05) is 13.1 Å². The molecule has 1 aliphatic rings. The largest absolute Gasteiger partial charge is 0.486 e. The van der Waals surface area contributed by atoms with Gasteiger partial charge in [-0.25, -0.2) is 13.4 Å². The number of fused-ring (bicyclic) bond motifs is 1. The van der Waals surface area contributed by atoms with Crippen LogP contribution in [0, 0.1) is 16.0 Å². The van der Waals surface area contributed by atoms with E-state index in [1.54, 1.807) is 0 Å². The molecule has 0 N–H and O–H groups in total. The van der Waals surface area contributed by atoms with Crippen molar-refractivity contribution in [2.45, 2.75) is 30.9 Å². The molecule has 5 rings (SSSR count). The lowest BCUT2D eigenvalue weighted by molar-refractivity contribution is -0.385. The van der Waals surface area contributed by atoms with Gasteiger partial charge in [-0.05, 0) is 49.1 Å². The second-order valence-electron chi connectivity index (χ2n) is 8.83. The van der Waals surface area contributed by atoms with Crippen molar-refractivity contribution < 1.29 is 18.1 Å². The number of para-hydroxylation sites is 3. The van der Waals surface area contributed by atoms with Gasteiger partial charge in [0.25, 0.3) is 5.69 Å². The molecule has 0 atom stereocenters. The Balaban J connectivity index is 1.30. The van der Waals surface area contributed by atoms with Gasteiger partial charge in [0.05, 0.1) is 20.9 Å². The zero-order chi connectivity index (χ0) is 25.1. The van der Waals surface area contributed by atoms with Crippen molar-refractivity contribution in [1.82, 2.24) is 13.9 Å². The number of hydrogen-bond acceptors (Lipinski definition) is 6. The monoisotopic (exact) mass is 506 g/mol. The summed E-state index contributed by atoms with van der Waals surface area (Å²) in [7, 11) is -3.80. The van der Waals surface area contributed by atoms with E-state index < -0.39 is 14.9 Å². The molecule has 10 heteroatoms. The van der Waals surface area contributed by atoms with Crippen LogP contribution in [0.5, 0.6) is 5.75 Å². The van der Waals surface area contributed by atoms with E-state index in [1.165, 1.54) is 22.5 Å². The minimum absolute atomic E-state index is 0.0453. The summed E-state index contributed by atoms with van der Waals surface area (Å²) in [6.07, 6.45) is 1.36. The van der Waals surface area contributed by atoms with E-state index in [2.05, 4.69) is 4.57 Å². The van der Waals surface area contributed by atoms with Gasteiger partial charge in [0, 0.05) is 31.8 Å². The number of nitro groups is 1. The minimum Gasteiger partial charge on any atom is -0.486 e. The number of nitrogens with zero attached hydrogens (tertiary/aromatic N) is 4. The molecule has 0 saturated carbocycles. The lowest BCUT2D eigenvalue weighted by Gasteiger charge is -2.31. The number of nitro benzene ring substituents is 1. The molecule has 9 nitrogen and oxygen atoms in total. The number of benzene rings is 3. The van der Waals surface area contributed by atoms with Crippen LogP contribution in [0.4, 0.5) is 5.69 Å². The number of rotatable bonds is 8. The fraction of sp³-hybridized carbons (Fsp3) is 0.269. The Morgan fingerprint density at radius 1 is 0.972 bits per heavy atom. The van der Waals surface area contributed by atoms with Crippen LogP contribution in [0.1, 0.15) is 18.7 Å². The van der Waals surface area contributed by atoms with Crippen LogP contribution in [-0.2, 0) is 23.2 Å². The van der Waals surface area contributed by atoms with Crippen LogP contribution in [0.25, 0.3) is 11.0 Å². The van der Waals surface area contributed by atoms with Crippen molar-refractivity contribution in [3.8, 4) is 5.75 Å². The van der Waals surface area contributed by atoms with Gasteiger partial charge in [0.15, 0.2) is 0 Å². The molecule has 1 saturated heterocycles.